The summed E-state index contributed by atoms with van der Waals surface area (Å²) in [7, 11) is 0. The highest BCUT2D eigenvalue weighted by Gasteiger charge is 2.36. The predicted octanol–water partition coefficient (Wildman–Crippen LogP) is 2.78. The van der Waals surface area contributed by atoms with Gasteiger partial charge in [0.1, 0.15) is 0 Å². The van der Waals surface area contributed by atoms with Crippen LogP contribution in [-0.2, 0) is 14.4 Å². The van der Waals surface area contributed by atoms with Crippen molar-refractivity contribution in [1.82, 2.24) is 5.32 Å². The molecule has 3 atom stereocenters. The molecule has 2 N–H and O–H groups in total. The van der Waals surface area contributed by atoms with Crippen LogP contribution in [-0.4, -0.2) is 36.0 Å². The van der Waals surface area contributed by atoms with E-state index in [9.17, 15) is 14.4 Å². The quantitative estimate of drug-likeness (QED) is 0.746. The molecular formula is C20H28N2O4. The molecule has 1 fully saturated rings. The lowest BCUT2D eigenvalue weighted by Crippen LogP contribution is -2.36. The molecule has 1 aliphatic heterocycles. The van der Waals surface area contributed by atoms with Crippen molar-refractivity contribution in [3.63, 3.8) is 0 Å². The summed E-state index contributed by atoms with van der Waals surface area (Å²) in [5.74, 6) is -1.31. The number of carboxylic acid groups (broad SMARTS) is 1. The summed E-state index contributed by atoms with van der Waals surface area (Å²) < 4.78 is 0. The number of para-hydroxylation sites is 1. The van der Waals surface area contributed by atoms with E-state index in [2.05, 4.69) is 19.2 Å². The topological polar surface area (TPSA) is 86.7 Å². The third kappa shape index (κ3) is 4.84. The van der Waals surface area contributed by atoms with Crippen LogP contribution in [0.3, 0.4) is 0 Å². The van der Waals surface area contributed by atoms with Crippen LogP contribution in [0.1, 0.15) is 51.5 Å². The van der Waals surface area contributed by atoms with E-state index < -0.39 is 11.9 Å². The number of benzene rings is 1. The van der Waals surface area contributed by atoms with Crippen LogP contribution in [0.15, 0.2) is 24.3 Å². The normalized spacial score (nSPS) is 19.3. The van der Waals surface area contributed by atoms with Gasteiger partial charge in [0.2, 0.25) is 11.8 Å². The van der Waals surface area contributed by atoms with Gasteiger partial charge in [-0.1, -0.05) is 39.0 Å². The molecule has 6 heteroatoms. The number of anilines is 1. The van der Waals surface area contributed by atoms with Crippen LogP contribution < -0.4 is 10.2 Å². The molecule has 6 nitrogen and oxygen atoms in total. The fourth-order valence-corrected chi connectivity index (χ4v) is 3.28. The lowest BCUT2D eigenvalue weighted by molar-refractivity contribution is -0.138. The fourth-order valence-electron chi connectivity index (χ4n) is 3.28. The molecule has 0 bridgehead atoms. The van der Waals surface area contributed by atoms with Gasteiger partial charge in [-0.15, -0.1) is 0 Å². The smallest absolute Gasteiger partial charge is 0.303 e. The third-order valence-electron chi connectivity index (χ3n) is 5.01. The van der Waals surface area contributed by atoms with Crippen LogP contribution in [0.2, 0.25) is 0 Å². The maximum atomic E-state index is 12.5. The maximum absolute atomic E-state index is 12.5. The maximum Gasteiger partial charge on any atom is 0.303 e. The van der Waals surface area contributed by atoms with E-state index in [-0.39, 0.29) is 30.6 Å². The third-order valence-corrected chi connectivity index (χ3v) is 5.01. The number of carbonyl (C=O) groups is 3. The average molecular weight is 360 g/mol. The fraction of sp³-hybridized carbons (Fsp3) is 0.550. The first-order chi connectivity index (χ1) is 12.3. The molecule has 0 aliphatic carbocycles. The minimum atomic E-state index is -0.879. The van der Waals surface area contributed by atoms with Crippen molar-refractivity contribution in [3.05, 3.63) is 29.8 Å². The predicted molar refractivity (Wildman–Crippen MR) is 100 cm³/mol. The van der Waals surface area contributed by atoms with Crippen molar-refractivity contribution in [2.75, 3.05) is 18.0 Å². The zero-order valence-corrected chi connectivity index (χ0v) is 15.7. The van der Waals surface area contributed by atoms with Crippen molar-refractivity contribution in [2.24, 2.45) is 11.8 Å². The number of amides is 2. The molecule has 1 aromatic rings. The second-order valence-electron chi connectivity index (χ2n) is 7.22. The van der Waals surface area contributed by atoms with Crippen molar-refractivity contribution in [3.8, 4) is 0 Å². The minimum absolute atomic E-state index is 0.0122. The van der Waals surface area contributed by atoms with Crippen molar-refractivity contribution >= 4 is 23.5 Å². The molecule has 1 aliphatic rings. The first-order valence-electron chi connectivity index (χ1n) is 9.22. The lowest BCUT2D eigenvalue weighted by Gasteiger charge is -2.23. The van der Waals surface area contributed by atoms with E-state index in [1.54, 1.807) is 11.8 Å². The average Bonchev–Trinajstić information content (AvgIpc) is 3.00. The Kier molecular flexibility index (Phi) is 6.77. The number of nitrogens with one attached hydrogen (secondary N) is 1. The van der Waals surface area contributed by atoms with Crippen LogP contribution in [0.4, 0.5) is 5.69 Å². The highest BCUT2D eigenvalue weighted by Crippen LogP contribution is 2.33. The van der Waals surface area contributed by atoms with Gasteiger partial charge in [0, 0.05) is 31.6 Å². The first-order valence-corrected chi connectivity index (χ1v) is 9.22. The Morgan fingerprint density at radius 2 is 2.00 bits per heavy atom. The standard InChI is InChI=1S/C20H28N2O4/c1-4-14(3)16-7-5-6-8-17(16)22-12-15(10-18(22)23)20(26)21-11-13(2)9-19(24)25/h5-8,13-15H,4,9-12H2,1-3H3,(H,21,26)(H,24,25). The second kappa shape index (κ2) is 8.83. The minimum Gasteiger partial charge on any atom is -0.481 e. The van der Waals surface area contributed by atoms with Gasteiger partial charge < -0.3 is 15.3 Å². The Hall–Kier alpha value is -2.37. The molecule has 0 aromatic heterocycles. The zero-order valence-electron chi connectivity index (χ0n) is 15.7. The monoisotopic (exact) mass is 360 g/mol. The summed E-state index contributed by atoms with van der Waals surface area (Å²) in [6, 6.07) is 7.86. The summed E-state index contributed by atoms with van der Waals surface area (Å²) in [5.41, 5.74) is 2.01. The zero-order chi connectivity index (χ0) is 19.3. The number of nitrogens with zero attached hydrogens (tertiary/aromatic N) is 1. The number of carboxylic acids is 1. The molecule has 2 amide bonds. The molecule has 142 valence electrons. The van der Waals surface area contributed by atoms with Crippen LogP contribution >= 0.6 is 0 Å². The van der Waals surface area contributed by atoms with Gasteiger partial charge >= 0.3 is 5.97 Å². The van der Waals surface area contributed by atoms with Gasteiger partial charge in [-0.25, -0.2) is 0 Å². The summed E-state index contributed by atoms with van der Waals surface area (Å²) >= 11 is 0. The van der Waals surface area contributed by atoms with E-state index in [4.69, 9.17) is 5.11 Å². The van der Waals surface area contributed by atoms with E-state index in [0.717, 1.165) is 17.7 Å². The van der Waals surface area contributed by atoms with Crippen LogP contribution in [0.5, 0.6) is 0 Å². The molecule has 0 spiro atoms. The number of aliphatic carboxylic acids is 1. The van der Waals surface area contributed by atoms with Crippen molar-refractivity contribution in [1.29, 1.82) is 0 Å². The summed E-state index contributed by atoms with van der Waals surface area (Å²) in [5, 5.41) is 11.6. The summed E-state index contributed by atoms with van der Waals surface area (Å²) in [4.78, 5) is 37.3. The van der Waals surface area contributed by atoms with E-state index in [1.807, 2.05) is 24.3 Å². The highest BCUT2D eigenvalue weighted by molar-refractivity contribution is 6.00. The Morgan fingerprint density at radius 3 is 2.65 bits per heavy atom. The molecular weight excluding hydrogens is 332 g/mol. The van der Waals surface area contributed by atoms with Gasteiger partial charge in [-0.3, -0.25) is 14.4 Å². The van der Waals surface area contributed by atoms with Crippen LogP contribution in [0, 0.1) is 11.8 Å². The van der Waals surface area contributed by atoms with E-state index in [1.165, 1.54) is 0 Å². The Morgan fingerprint density at radius 1 is 1.31 bits per heavy atom. The van der Waals surface area contributed by atoms with Crippen molar-refractivity contribution < 1.29 is 19.5 Å². The van der Waals surface area contributed by atoms with Gasteiger partial charge in [0.25, 0.3) is 0 Å². The van der Waals surface area contributed by atoms with Gasteiger partial charge in [0.15, 0.2) is 0 Å². The molecule has 1 saturated heterocycles. The van der Waals surface area contributed by atoms with Gasteiger partial charge in [0.05, 0.1) is 5.92 Å². The van der Waals surface area contributed by atoms with Gasteiger partial charge in [-0.2, -0.15) is 0 Å². The Labute approximate surface area is 154 Å². The van der Waals surface area contributed by atoms with Crippen LogP contribution in [0.25, 0.3) is 0 Å². The highest BCUT2D eigenvalue weighted by atomic mass is 16.4. The molecule has 0 saturated carbocycles. The molecule has 26 heavy (non-hydrogen) atoms. The first kappa shape index (κ1) is 19.9. The number of rotatable bonds is 8. The summed E-state index contributed by atoms with van der Waals surface area (Å²) in [6.07, 6.45) is 1.18. The Balaban J connectivity index is 2.03. The second-order valence-corrected chi connectivity index (χ2v) is 7.22. The SMILES string of the molecule is CCC(C)c1ccccc1N1CC(C(=O)NCC(C)CC(=O)O)CC1=O. The molecule has 1 heterocycles. The Bertz CT molecular complexity index is 674. The largest absolute Gasteiger partial charge is 0.481 e. The molecule has 2 rings (SSSR count). The lowest BCUT2D eigenvalue weighted by atomic mass is 9.96. The molecule has 0 radical (unpaired) electrons. The van der Waals surface area contributed by atoms with Gasteiger partial charge in [-0.05, 0) is 29.9 Å². The van der Waals surface area contributed by atoms with E-state index >= 15 is 0 Å². The number of carbonyl (C=O) groups excluding carboxylic acids is 2. The summed E-state index contributed by atoms with van der Waals surface area (Å²) in [6.45, 7) is 6.70. The number of hydrogen-bond donors (Lipinski definition) is 2. The molecule has 3 unspecified atom stereocenters. The molecule has 1 aromatic carbocycles. The van der Waals surface area contributed by atoms with Crippen molar-refractivity contribution in [2.45, 2.75) is 46.0 Å². The number of hydrogen-bond acceptors (Lipinski definition) is 3. The van der Waals surface area contributed by atoms with E-state index in [0.29, 0.717) is 19.0 Å².